The molecule has 0 saturated heterocycles. The van der Waals surface area contributed by atoms with Crippen LogP contribution in [-0.4, -0.2) is 5.91 Å². The fourth-order valence-corrected chi connectivity index (χ4v) is 1.49. The Morgan fingerprint density at radius 3 is 2.00 bits per heavy atom. The molecule has 21 heavy (non-hydrogen) atoms. The molecule has 124 valence electrons. The quantitative estimate of drug-likeness (QED) is 0.695. The summed E-state index contributed by atoms with van der Waals surface area (Å²) in [5, 5.41) is 3.64. The summed E-state index contributed by atoms with van der Waals surface area (Å²) in [6, 6.07) is 5.86. The fourth-order valence-electron chi connectivity index (χ4n) is 1.31. The van der Waals surface area contributed by atoms with Crippen LogP contribution in [0, 0.1) is 6.92 Å². The van der Waals surface area contributed by atoms with Crippen LogP contribution in [0.25, 0.3) is 0 Å². The summed E-state index contributed by atoms with van der Waals surface area (Å²) in [6.07, 6.45) is 0.504. The van der Waals surface area contributed by atoms with Gasteiger partial charge in [0, 0.05) is 11.4 Å². The molecule has 1 atom stereocenters. The Morgan fingerprint density at radius 2 is 1.62 bits per heavy atom. The SMILES string of the molecule is CC.CC.CC.CCC(=O)NC(C)c1ccc(C)c(Cl)c1. The summed E-state index contributed by atoms with van der Waals surface area (Å²) in [5.41, 5.74) is 2.09. The molecule has 0 radical (unpaired) electrons. The van der Waals surface area contributed by atoms with E-state index in [0.717, 1.165) is 16.1 Å². The Labute approximate surface area is 137 Å². The highest BCUT2D eigenvalue weighted by Gasteiger charge is 2.08. The molecule has 1 unspecified atom stereocenters. The number of carbonyl (C=O) groups excluding carboxylic acids is 1. The molecule has 1 N–H and O–H groups in total. The highest BCUT2D eigenvalue weighted by atomic mass is 35.5. The Morgan fingerprint density at radius 1 is 1.14 bits per heavy atom. The van der Waals surface area contributed by atoms with E-state index in [9.17, 15) is 4.79 Å². The van der Waals surface area contributed by atoms with Crippen molar-refractivity contribution in [3.05, 3.63) is 34.3 Å². The number of aryl methyl sites for hydroxylation is 1. The first kappa shape index (κ1) is 25.0. The molecule has 0 saturated carbocycles. The van der Waals surface area contributed by atoms with Crippen molar-refractivity contribution < 1.29 is 4.79 Å². The van der Waals surface area contributed by atoms with Gasteiger partial charge in [0.2, 0.25) is 5.91 Å². The van der Waals surface area contributed by atoms with Crippen molar-refractivity contribution in [2.24, 2.45) is 0 Å². The first-order valence-electron chi connectivity index (χ1n) is 8.10. The molecular formula is C18H34ClNO. The van der Waals surface area contributed by atoms with E-state index in [4.69, 9.17) is 11.6 Å². The Balaban J connectivity index is -0.000000478. The van der Waals surface area contributed by atoms with Crippen LogP contribution >= 0.6 is 11.6 Å². The number of amides is 1. The van der Waals surface area contributed by atoms with Gasteiger partial charge in [-0.1, -0.05) is 72.2 Å². The van der Waals surface area contributed by atoms with E-state index in [-0.39, 0.29) is 11.9 Å². The standard InChI is InChI=1S/C12H16ClNO.3C2H6/c1-4-12(15)14-9(3)10-6-5-8(2)11(13)7-10;3*1-2/h5-7,9H,4H2,1-3H3,(H,14,15);3*1-2H3. The minimum atomic E-state index is 0.00977. The second-order valence-corrected chi connectivity index (χ2v) is 4.06. The lowest BCUT2D eigenvalue weighted by Gasteiger charge is -2.14. The molecule has 0 spiro atoms. The molecule has 0 fully saturated rings. The van der Waals surface area contributed by atoms with Crippen molar-refractivity contribution >= 4 is 17.5 Å². The van der Waals surface area contributed by atoms with Crippen LogP contribution in [0.2, 0.25) is 5.02 Å². The number of rotatable bonds is 3. The van der Waals surface area contributed by atoms with Gasteiger partial charge in [-0.15, -0.1) is 0 Å². The summed E-state index contributed by atoms with van der Waals surface area (Å²) < 4.78 is 0. The molecule has 3 heteroatoms. The second-order valence-electron chi connectivity index (χ2n) is 3.65. The van der Waals surface area contributed by atoms with E-state index in [1.807, 2.05) is 80.5 Å². The monoisotopic (exact) mass is 315 g/mol. The zero-order valence-electron chi connectivity index (χ0n) is 15.3. The van der Waals surface area contributed by atoms with Gasteiger partial charge < -0.3 is 5.32 Å². The molecule has 2 nitrogen and oxygen atoms in total. The van der Waals surface area contributed by atoms with Crippen LogP contribution in [0.4, 0.5) is 0 Å². The van der Waals surface area contributed by atoms with Gasteiger partial charge >= 0.3 is 0 Å². The molecule has 0 aliphatic heterocycles. The van der Waals surface area contributed by atoms with E-state index in [2.05, 4.69) is 5.32 Å². The normalized spacial score (nSPS) is 9.62. The van der Waals surface area contributed by atoms with Crippen molar-refractivity contribution in [3.63, 3.8) is 0 Å². The number of halogens is 1. The third kappa shape index (κ3) is 11.3. The maximum atomic E-state index is 11.2. The molecule has 1 aromatic rings. The van der Waals surface area contributed by atoms with E-state index < -0.39 is 0 Å². The number of carbonyl (C=O) groups is 1. The number of hydrogen-bond acceptors (Lipinski definition) is 1. The van der Waals surface area contributed by atoms with Gasteiger partial charge in [-0.25, -0.2) is 0 Å². The molecule has 1 rings (SSSR count). The van der Waals surface area contributed by atoms with Crippen LogP contribution in [0.3, 0.4) is 0 Å². The zero-order valence-corrected chi connectivity index (χ0v) is 16.1. The molecule has 1 amide bonds. The Bertz CT molecular complexity index is 364. The van der Waals surface area contributed by atoms with Crippen molar-refractivity contribution in [1.82, 2.24) is 5.32 Å². The van der Waals surface area contributed by atoms with E-state index >= 15 is 0 Å². The highest BCUT2D eigenvalue weighted by Crippen LogP contribution is 2.21. The topological polar surface area (TPSA) is 29.1 Å². The van der Waals surface area contributed by atoms with Crippen LogP contribution in [0.5, 0.6) is 0 Å². The minimum absolute atomic E-state index is 0.00977. The summed E-state index contributed by atoms with van der Waals surface area (Å²) in [4.78, 5) is 11.2. The summed E-state index contributed by atoms with van der Waals surface area (Å²) in [7, 11) is 0. The lowest BCUT2D eigenvalue weighted by molar-refractivity contribution is -0.121. The Hall–Kier alpha value is -1.02. The van der Waals surface area contributed by atoms with Gasteiger partial charge in [0.1, 0.15) is 0 Å². The van der Waals surface area contributed by atoms with Gasteiger partial charge in [-0.2, -0.15) is 0 Å². The third-order valence-electron chi connectivity index (χ3n) is 2.39. The highest BCUT2D eigenvalue weighted by molar-refractivity contribution is 6.31. The largest absolute Gasteiger partial charge is 0.350 e. The fraction of sp³-hybridized carbons (Fsp3) is 0.611. The van der Waals surface area contributed by atoms with Crippen LogP contribution < -0.4 is 5.32 Å². The maximum Gasteiger partial charge on any atom is 0.220 e. The number of nitrogens with one attached hydrogen (secondary N) is 1. The van der Waals surface area contributed by atoms with Crippen LogP contribution in [-0.2, 0) is 4.79 Å². The van der Waals surface area contributed by atoms with Crippen LogP contribution in [0.1, 0.15) is 79.0 Å². The lowest BCUT2D eigenvalue weighted by atomic mass is 10.1. The average molecular weight is 316 g/mol. The molecule has 1 aromatic carbocycles. The summed E-state index contributed by atoms with van der Waals surface area (Å²) >= 11 is 6.02. The van der Waals surface area contributed by atoms with Gasteiger partial charge in [0.15, 0.2) is 0 Å². The molecular weight excluding hydrogens is 282 g/mol. The predicted molar refractivity (Wildman–Crippen MR) is 97.1 cm³/mol. The average Bonchev–Trinajstić information content (AvgIpc) is 2.55. The first-order chi connectivity index (χ1) is 10.0. The number of hydrogen-bond donors (Lipinski definition) is 1. The predicted octanol–water partition coefficient (Wildman–Crippen LogP) is 6.31. The zero-order chi connectivity index (χ0) is 17.4. The molecule has 0 bridgehead atoms. The molecule has 0 aliphatic rings. The second kappa shape index (κ2) is 17.0. The van der Waals surface area contributed by atoms with Gasteiger partial charge in [-0.05, 0) is 31.0 Å². The van der Waals surface area contributed by atoms with Crippen molar-refractivity contribution in [1.29, 1.82) is 0 Å². The van der Waals surface area contributed by atoms with Crippen molar-refractivity contribution in [2.45, 2.75) is 74.8 Å². The van der Waals surface area contributed by atoms with Gasteiger partial charge in [0.05, 0.1) is 6.04 Å². The number of benzene rings is 1. The van der Waals surface area contributed by atoms with Crippen molar-refractivity contribution in [3.8, 4) is 0 Å². The van der Waals surface area contributed by atoms with Crippen LogP contribution in [0.15, 0.2) is 18.2 Å². The molecule has 0 heterocycles. The third-order valence-corrected chi connectivity index (χ3v) is 2.80. The first-order valence-corrected chi connectivity index (χ1v) is 8.47. The molecule has 0 aliphatic carbocycles. The molecule has 0 aromatic heterocycles. The maximum absolute atomic E-state index is 11.2. The van der Waals surface area contributed by atoms with Crippen molar-refractivity contribution in [2.75, 3.05) is 0 Å². The van der Waals surface area contributed by atoms with Gasteiger partial charge in [-0.3, -0.25) is 4.79 Å². The van der Waals surface area contributed by atoms with E-state index in [1.165, 1.54) is 0 Å². The Kier molecular flexibility index (Phi) is 20.2. The van der Waals surface area contributed by atoms with E-state index in [0.29, 0.717) is 6.42 Å². The van der Waals surface area contributed by atoms with E-state index in [1.54, 1.807) is 0 Å². The van der Waals surface area contributed by atoms with Gasteiger partial charge in [0.25, 0.3) is 0 Å². The lowest BCUT2D eigenvalue weighted by Crippen LogP contribution is -2.25. The smallest absolute Gasteiger partial charge is 0.220 e. The summed E-state index contributed by atoms with van der Waals surface area (Å²) in [5.74, 6) is 0.0548. The minimum Gasteiger partial charge on any atom is -0.350 e. The summed E-state index contributed by atoms with van der Waals surface area (Å²) in [6.45, 7) is 17.8.